The molecule has 1 fully saturated rings. The molecule has 0 radical (unpaired) electrons. The Balaban J connectivity index is 1.84. The Labute approximate surface area is 121 Å². The van der Waals surface area contributed by atoms with Crippen LogP contribution in [-0.2, 0) is 0 Å². The third-order valence-corrected chi connectivity index (χ3v) is 4.67. The van der Waals surface area contributed by atoms with Crippen LogP contribution in [0.2, 0.25) is 0 Å². The van der Waals surface area contributed by atoms with Crippen molar-refractivity contribution in [3.63, 3.8) is 0 Å². The van der Waals surface area contributed by atoms with E-state index in [1.54, 1.807) is 0 Å². The van der Waals surface area contributed by atoms with Crippen LogP contribution in [0.1, 0.15) is 33.1 Å². The molecule has 0 bridgehead atoms. The summed E-state index contributed by atoms with van der Waals surface area (Å²) in [6.45, 7) is 8.14. The molecule has 2 aliphatic rings. The predicted octanol–water partition coefficient (Wildman–Crippen LogP) is 2.77. The van der Waals surface area contributed by atoms with E-state index in [1.165, 1.54) is 12.1 Å². The molecule has 0 aliphatic carbocycles. The number of benzene rings is 1. The number of anilines is 1. The highest BCUT2D eigenvalue weighted by atomic mass is 16.7. The summed E-state index contributed by atoms with van der Waals surface area (Å²) in [7, 11) is 0. The molecule has 4 heteroatoms. The Kier molecular flexibility index (Phi) is 3.74. The summed E-state index contributed by atoms with van der Waals surface area (Å²) in [6, 6.07) is 6.29. The van der Waals surface area contributed by atoms with E-state index in [9.17, 15) is 0 Å². The van der Waals surface area contributed by atoms with Crippen LogP contribution >= 0.6 is 0 Å². The zero-order chi connectivity index (χ0) is 14.0. The molecule has 2 aliphatic heterocycles. The first-order chi connectivity index (χ1) is 9.76. The van der Waals surface area contributed by atoms with Crippen LogP contribution < -0.4 is 19.7 Å². The maximum atomic E-state index is 5.50. The van der Waals surface area contributed by atoms with E-state index < -0.39 is 0 Å². The van der Waals surface area contributed by atoms with Crippen molar-refractivity contribution in [3.05, 3.63) is 18.2 Å². The SMILES string of the molecule is CCC1(CC)CN(c2ccc3c(c2)OCO3)CCCN1. The van der Waals surface area contributed by atoms with Crippen molar-refractivity contribution in [2.45, 2.75) is 38.6 Å². The molecule has 110 valence electrons. The van der Waals surface area contributed by atoms with E-state index in [0.29, 0.717) is 6.79 Å². The van der Waals surface area contributed by atoms with Crippen molar-refractivity contribution in [2.75, 3.05) is 31.3 Å². The Bertz CT molecular complexity index is 472. The average molecular weight is 276 g/mol. The fourth-order valence-corrected chi connectivity index (χ4v) is 3.15. The van der Waals surface area contributed by atoms with Crippen LogP contribution in [0.25, 0.3) is 0 Å². The maximum Gasteiger partial charge on any atom is 0.231 e. The van der Waals surface area contributed by atoms with Gasteiger partial charge >= 0.3 is 0 Å². The Morgan fingerprint density at radius 3 is 2.80 bits per heavy atom. The lowest BCUT2D eigenvalue weighted by molar-refractivity contribution is 0.174. The van der Waals surface area contributed by atoms with E-state index in [4.69, 9.17) is 9.47 Å². The standard InChI is InChI=1S/C16H24N2O2/c1-3-16(4-2)11-18(9-5-8-17-16)13-6-7-14-15(10-13)20-12-19-14/h6-7,10,17H,3-5,8-9,11-12H2,1-2H3. The first-order valence-corrected chi connectivity index (χ1v) is 7.66. The summed E-state index contributed by atoms with van der Waals surface area (Å²) >= 11 is 0. The molecule has 1 N–H and O–H groups in total. The molecule has 0 spiro atoms. The minimum Gasteiger partial charge on any atom is -0.454 e. The Morgan fingerprint density at radius 2 is 2.00 bits per heavy atom. The van der Waals surface area contributed by atoms with Crippen LogP contribution in [0.4, 0.5) is 5.69 Å². The lowest BCUT2D eigenvalue weighted by atomic mass is 9.92. The second-order valence-corrected chi connectivity index (χ2v) is 5.73. The van der Waals surface area contributed by atoms with Crippen LogP contribution in [0, 0.1) is 0 Å². The molecular weight excluding hydrogens is 252 g/mol. The lowest BCUT2D eigenvalue weighted by Crippen LogP contribution is -2.50. The van der Waals surface area contributed by atoms with E-state index in [1.807, 2.05) is 6.07 Å². The molecule has 3 rings (SSSR count). The zero-order valence-electron chi connectivity index (χ0n) is 12.4. The van der Waals surface area contributed by atoms with Crippen molar-refractivity contribution < 1.29 is 9.47 Å². The number of rotatable bonds is 3. The van der Waals surface area contributed by atoms with Crippen molar-refractivity contribution in [2.24, 2.45) is 0 Å². The molecule has 0 unspecified atom stereocenters. The fraction of sp³-hybridized carbons (Fsp3) is 0.625. The van der Waals surface area contributed by atoms with E-state index in [0.717, 1.165) is 44.0 Å². The fourth-order valence-electron chi connectivity index (χ4n) is 3.15. The minimum atomic E-state index is 0.229. The van der Waals surface area contributed by atoms with Gasteiger partial charge in [0.25, 0.3) is 0 Å². The van der Waals surface area contributed by atoms with Crippen LogP contribution in [0.15, 0.2) is 18.2 Å². The van der Waals surface area contributed by atoms with Crippen LogP contribution in [-0.4, -0.2) is 32.0 Å². The van der Waals surface area contributed by atoms with Gasteiger partial charge in [0.1, 0.15) is 0 Å². The highest BCUT2D eigenvalue weighted by Gasteiger charge is 2.30. The first kappa shape index (κ1) is 13.6. The number of nitrogens with zero attached hydrogens (tertiary/aromatic N) is 1. The molecule has 1 aromatic carbocycles. The summed E-state index contributed by atoms with van der Waals surface area (Å²) in [6.07, 6.45) is 3.49. The summed E-state index contributed by atoms with van der Waals surface area (Å²) in [5.74, 6) is 1.73. The smallest absolute Gasteiger partial charge is 0.231 e. The molecule has 0 aromatic heterocycles. The van der Waals surface area contributed by atoms with Crippen molar-refractivity contribution in [1.29, 1.82) is 0 Å². The third kappa shape index (κ3) is 2.44. The van der Waals surface area contributed by atoms with E-state index >= 15 is 0 Å². The molecule has 4 nitrogen and oxygen atoms in total. The molecule has 1 saturated heterocycles. The predicted molar refractivity (Wildman–Crippen MR) is 80.7 cm³/mol. The molecule has 0 atom stereocenters. The Morgan fingerprint density at radius 1 is 1.20 bits per heavy atom. The topological polar surface area (TPSA) is 33.7 Å². The monoisotopic (exact) mass is 276 g/mol. The van der Waals surface area contributed by atoms with E-state index in [2.05, 4.69) is 36.2 Å². The average Bonchev–Trinajstić information content (AvgIpc) is 2.85. The number of fused-ring (bicyclic) bond motifs is 1. The summed E-state index contributed by atoms with van der Waals surface area (Å²) in [5, 5.41) is 3.75. The molecule has 0 saturated carbocycles. The quantitative estimate of drug-likeness (QED) is 0.920. The van der Waals surface area contributed by atoms with Gasteiger partial charge in [-0.2, -0.15) is 0 Å². The molecular formula is C16H24N2O2. The normalized spacial score (nSPS) is 20.8. The third-order valence-electron chi connectivity index (χ3n) is 4.67. The van der Waals surface area contributed by atoms with Gasteiger partial charge in [0, 0.05) is 30.4 Å². The lowest BCUT2D eigenvalue weighted by Gasteiger charge is -2.36. The minimum absolute atomic E-state index is 0.229. The highest BCUT2D eigenvalue weighted by Crippen LogP contribution is 2.36. The van der Waals surface area contributed by atoms with Crippen LogP contribution in [0.5, 0.6) is 11.5 Å². The summed E-state index contributed by atoms with van der Waals surface area (Å²) < 4.78 is 10.9. The number of hydrogen-bond acceptors (Lipinski definition) is 4. The van der Waals surface area contributed by atoms with Gasteiger partial charge < -0.3 is 19.7 Å². The van der Waals surface area contributed by atoms with Gasteiger partial charge in [-0.3, -0.25) is 0 Å². The summed E-state index contributed by atoms with van der Waals surface area (Å²) in [4.78, 5) is 2.48. The second-order valence-electron chi connectivity index (χ2n) is 5.73. The van der Waals surface area contributed by atoms with E-state index in [-0.39, 0.29) is 5.54 Å². The second kappa shape index (κ2) is 5.52. The number of hydrogen-bond donors (Lipinski definition) is 1. The summed E-state index contributed by atoms with van der Waals surface area (Å²) in [5.41, 5.74) is 1.47. The van der Waals surface area contributed by atoms with Gasteiger partial charge in [-0.15, -0.1) is 0 Å². The number of nitrogens with one attached hydrogen (secondary N) is 1. The van der Waals surface area contributed by atoms with Gasteiger partial charge in [-0.25, -0.2) is 0 Å². The molecule has 0 amide bonds. The van der Waals surface area contributed by atoms with Crippen molar-refractivity contribution >= 4 is 5.69 Å². The Hall–Kier alpha value is -1.42. The van der Waals surface area contributed by atoms with Gasteiger partial charge in [-0.1, -0.05) is 13.8 Å². The largest absolute Gasteiger partial charge is 0.454 e. The van der Waals surface area contributed by atoms with Gasteiger partial charge in [0.05, 0.1) is 0 Å². The van der Waals surface area contributed by atoms with Gasteiger partial charge in [0.2, 0.25) is 6.79 Å². The van der Waals surface area contributed by atoms with Crippen molar-refractivity contribution in [3.8, 4) is 11.5 Å². The maximum absolute atomic E-state index is 5.50. The van der Waals surface area contributed by atoms with Gasteiger partial charge in [0.15, 0.2) is 11.5 Å². The number of ether oxygens (including phenoxy) is 2. The molecule has 20 heavy (non-hydrogen) atoms. The highest BCUT2D eigenvalue weighted by molar-refractivity contribution is 5.57. The van der Waals surface area contributed by atoms with Gasteiger partial charge in [-0.05, 0) is 37.9 Å². The first-order valence-electron chi connectivity index (χ1n) is 7.66. The molecule has 1 aromatic rings. The van der Waals surface area contributed by atoms with Crippen molar-refractivity contribution in [1.82, 2.24) is 5.32 Å². The van der Waals surface area contributed by atoms with Crippen LogP contribution in [0.3, 0.4) is 0 Å². The molecule has 2 heterocycles. The zero-order valence-corrected chi connectivity index (χ0v) is 12.4.